The summed E-state index contributed by atoms with van der Waals surface area (Å²) in [6.45, 7) is 0. The molecule has 4 rings (SSSR count). The number of carbonyl (C=O) groups excluding carboxylic acids is 2. The van der Waals surface area contributed by atoms with Gasteiger partial charge in [0.2, 0.25) is 0 Å². The maximum absolute atomic E-state index is 12.6. The number of rotatable bonds is 6. The van der Waals surface area contributed by atoms with Crippen molar-refractivity contribution in [2.45, 2.75) is 0 Å². The lowest BCUT2D eigenvalue weighted by Crippen LogP contribution is -2.17. The highest BCUT2D eigenvalue weighted by atomic mass is 16.6. The van der Waals surface area contributed by atoms with E-state index in [1.54, 1.807) is 54.6 Å². The number of hydrogen-bond acceptors (Lipinski definition) is 4. The Balaban J connectivity index is 1.45. The van der Waals surface area contributed by atoms with Crippen LogP contribution >= 0.6 is 0 Å². The number of anilines is 3. The van der Waals surface area contributed by atoms with Gasteiger partial charge in [-0.2, -0.15) is 0 Å². The van der Waals surface area contributed by atoms with E-state index >= 15 is 0 Å². The summed E-state index contributed by atoms with van der Waals surface area (Å²) in [5.74, 6) is 0.432. The normalized spacial score (nSPS) is 10.2. The minimum atomic E-state index is -0.579. The highest BCUT2D eigenvalue weighted by molar-refractivity contribution is 6.09. The summed E-state index contributed by atoms with van der Waals surface area (Å²) in [7, 11) is 0. The molecule has 0 atom stereocenters. The Bertz CT molecular complexity index is 1170. The molecule has 0 fully saturated rings. The topological polar surface area (TPSA) is 67.4 Å². The second kappa shape index (κ2) is 9.41. The minimum Gasteiger partial charge on any atom is -0.410 e. The van der Waals surface area contributed by atoms with E-state index in [2.05, 4.69) is 10.6 Å². The number of para-hydroxylation sites is 3. The van der Waals surface area contributed by atoms with Crippen molar-refractivity contribution in [3.63, 3.8) is 0 Å². The van der Waals surface area contributed by atoms with Crippen molar-refractivity contribution in [3.05, 3.63) is 120 Å². The zero-order chi connectivity index (χ0) is 21.5. The largest absolute Gasteiger partial charge is 0.417 e. The SMILES string of the molecule is O=C(Nc1ccccc1Nc1ccc(C(=O)c2ccccc2)cc1)Oc1ccccc1. The number of carbonyl (C=O) groups is 2. The molecule has 5 nitrogen and oxygen atoms in total. The van der Waals surface area contributed by atoms with Gasteiger partial charge < -0.3 is 10.1 Å². The Kier molecular flexibility index (Phi) is 6.05. The molecule has 0 saturated heterocycles. The number of hydrogen-bond donors (Lipinski definition) is 2. The van der Waals surface area contributed by atoms with Gasteiger partial charge in [-0.15, -0.1) is 0 Å². The van der Waals surface area contributed by atoms with Gasteiger partial charge >= 0.3 is 6.09 Å². The van der Waals surface area contributed by atoms with Gasteiger partial charge in [-0.1, -0.05) is 60.7 Å². The van der Waals surface area contributed by atoms with Crippen molar-refractivity contribution in [1.29, 1.82) is 0 Å². The molecule has 0 radical (unpaired) electrons. The van der Waals surface area contributed by atoms with Crippen LogP contribution in [0.1, 0.15) is 15.9 Å². The predicted molar refractivity (Wildman–Crippen MR) is 122 cm³/mol. The van der Waals surface area contributed by atoms with E-state index < -0.39 is 6.09 Å². The Morgan fingerprint density at radius 1 is 0.581 bits per heavy atom. The fourth-order valence-electron chi connectivity index (χ4n) is 3.05. The first kappa shape index (κ1) is 19.9. The van der Waals surface area contributed by atoms with Crippen molar-refractivity contribution in [3.8, 4) is 5.75 Å². The summed E-state index contributed by atoms with van der Waals surface area (Å²) in [4.78, 5) is 24.8. The molecule has 1 amide bonds. The first-order chi connectivity index (χ1) is 15.2. The molecule has 0 saturated carbocycles. The van der Waals surface area contributed by atoms with Crippen molar-refractivity contribution in [2.75, 3.05) is 10.6 Å². The van der Waals surface area contributed by atoms with Crippen LogP contribution in [0.25, 0.3) is 0 Å². The van der Waals surface area contributed by atoms with Crippen LogP contribution in [-0.4, -0.2) is 11.9 Å². The highest BCUT2D eigenvalue weighted by Gasteiger charge is 2.10. The van der Waals surface area contributed by atoms with Crippen LogP contribution in [0.3, 0.4) is 0 Å². The Morgan fingerprint density at radius 2 is 1.13 bits per heavy atom. The van der Waals surface area contributed by atoms with Gasteiger partial charge in [-0.25, -0.2) is 4.79 Å². The van der Waals surface area contributed by atoms with Gasteiger partial charge in [0.15, 0.2) is 5.78 Å². The lowest BCUT2D eigenvalue weighted by Gasteiger charge is -2.13. The standard InChI is InChI=1S/C26H20N2O3/c29-25(19-9-3-1-4-10-19)20-15-17-21(18-16-20)27-23-13-7-8-14-24(23)28-26(30)31-22-11-5-2-6-12-22/h1-18,27H,(H,28,30). The third kappa shape index (κ3) is 5.16. The molecule has 2 N–H and O–H groups in total. The Labute approximate surface area is 180 Å². The van der Waals surface area contributed by atoms with E-state index in [9.17, 15) is 9.59 Å². The molecule has 0 aliphatic carbocycles. The van der Waals surface area contributed by atoms with Gasteiger partial charge in [0.1, 0.15) is 5.75 Å². The number of amides is 1. The zero-order valence-corrected chi connectivity index (χ0v) is 16.6. The van der Waals surface area contributed by atoms with Crippen molar-refractivity contribution in [1.82, 2.24) is 0 Å². The molecule has 152 valence electrons. The number of ether oxygens (including phenoxy) is 1. The molecule has 0 spiro atoms. The van der Waals surface area contributed by atoms with Crippen molar-refractivity contribution >= 4 is 28.9 Å². The molecular formula is C26H20N2O3. The molecule has 0 heterocycles. The summed E-state index contributed by atoms with van der Waals surface area (Å²) in [5, 5.41) is 6.02. The van der Waals surface area contributed by atoms with Gasteiger partial charge in [0, 0.05) is 16.8 Å². The first-order valence-electron chi connectivity index (χ1n) is 9.79. The van der Waals surface area contributed by atoms with Crippen LogP contribution in [0, 0.1) is 0 Å². The summed E-state index contributed by atoms with van der Waals surface area (Å²) in [6.07, 6.45) is -0.579. The lowest BCUT2D eigenvalue weighted by molar-refractivity contribution is 0.103. The van der Waals surface area contributed by atoms with Crippen molar-refractivity contribution < 1.29 is 14.3 Å². The van der Waals surface area contributed by atoms with Gasteiger partial charge in [-0.05, 0) is 48.5 Å². The molecule has 31 heavy (non-hydrogen) atoms. The quantitative estimate of drug-likeness (QED) is 0.369. The van der Waals surface area contributed by atoms with Gasteiger partial charge in [0.25, 0.3) is 0 Å². The monoisotopic (exact) mass is 408 g/mol. The van der Waals surface area contributed by atoms with E-state index in [4.69, 9.17) is 4.74 Å². The third-order valence-electron chi connectivity index (χ3n) is 4.58. The molecule has 4 aromatic rings. The third-order valence-corrected chi connectivity index (χ3v) is 4.58. The van der Waals surface area contributed by atoms with Crippen LogP contribution in [0.2, 0.25) is 0 Å². The zero-order valence-electron chi connectivity index (χ0n) is 16.6. The smallest absolute Gasteiger partial charge is 0.410 e. The number of benzene rings is 4. The van der Waals surface area contributed by atoms with Crippen LogP contribution in [0.4, 0.5) is 21.9 Å². The summed E-state index contributed by atoms with van der Waals surface area (Å²) in [5.41, 5.74) is 3.32. The van der Waals surface area contributed by atoms with E-state index in [1.807, 2.05) is 54.6 Å². The maximum Gasteiger partial charge on any atom is 0.417 e. The molecular weight excluding hydrogens is 388 g/mol. The average Bonchev–Trinajstić information content (AvgIpc) is 2.81. The molecule has 5 heteroatoms. The predicted octanol–water partition coefficient (Wildman–Crippen LogP) is 6.27. The van der Waals surface area contributed by atoms with Crippen LogP contribution in [0.5, 0.6) is 5.75 Å². The second-order valence-corrected chi connectivity index (χ2v) is 6.77. The maximum atomic E-state index is 12.6. The Morgan fingerprint density at radius 3 is 1.81 bits per heavy atom. The molecule has 0 unspecified atom stereocenters. The highest BCUT2D eigenvalue weighted by Crippen LogP contribution is 2.26. The molecule has 0 bridgehead atoms. The van der Waals surface area contributed by atoms with Crippen LogP contribution in [-0.2, 0) is 0 Å². The van der Waals surface area contributed by atoms with E-state index in [1.165, 1.54) is 0 Å². The Hall–Kier alpha value is -4.38. The number of nitrogens with one attached hydrogen (secondary N) is 2. The summed E-state index contributed by atoms with van der Waals surface area (Å²) < 4.78 is 5.29. The summed E-state index contributed by atoms with van der Waals surface area (Å²) >= 11 is 0. The van der Waals surface area contributed by atoms with Crippen LogP contribution in [0.15, 0.2) is 109 Å². The van der Waals surface area contributed by atoms with E-state index in [0.717, 1.165) is 5.69 Å². The molecule has 0 aliphatic rings. The van der Waals surface area contributed by atoms with Gasteiger partial charge in [0.05, 0.1) is 11.4 Å². The van der Waals surface area contributed by atoms with Gasteiger partial charge in [-0.3, -0.25) is 10.1 Å². The van der Waals surface area contributed by atoms with E-state index in [-0.39, 0.29) is 5.78 Å². The first-order valence-corrected chi connectivity index (χ1v) is 9.79. The average molecular weight is 408 g/mol. The van der Waals surface area contributed by atoms with Crippen LogP contribution < -0.4 is 15.4 Å². The fraction of sp³-hybridized carbons (Fsp3) is 0. The number of ketones is 1. The molecule has 0 aromatic heterocycles. The van der Waals surface area contributed by atoms with E-state index in [0.29, 0.717) is 28.3 Å². The minimum absolute atomic E-state index is 0.0297. The van der Waals surface area contributed by atoms with Crippen molar-refractivity contribution in [2.24, 2.45) is 0 Å². The molecule has 4 aromatic carbocycles. The summed E-state index contributed by atoms with van der Waals surface area (Å²) in [6, 6.07) is 32.5. The molecule has 0 aliphatic heterocycles. The fourth-order valence-corrected chi connectivity index (χ4v) is 3.05. The second-order valence-electron chi connectivity index (χ2n) is 6.77. The lowest BCUT2D eigenvalue weighted by atomic mass is 10.0.